The van der Waals surface area contributed by atoms with E-state index >= 15 is 0 Å². The normalized spacial score (nSPS) is 19.4. The minimum Gasteiger partial charge on any atom is -0.476 e. The van der Waals surface area contributed by atoms with Gasteiger partial charge in [0.1, 0.15) is 5.75 Å². The molecule has 1 aliphatic rings. The monoisotopic (exact) mass is 353 g/mol. The summed E-state index contributed by atoms with van der Waals surface area (Å²) in [5.41, 5.74) is 0.836. The highest BCUT2D eigenvalue weighted by atomic mass is 127. The molecule has 1 aliphatic heterocycles. The molecule has 1 heterocycles. The maximum Gasteiger partial charge on any atom is 0.429 e. The summed E-state index contributed by atoms with van der Waals surface area (Å²) < 4.78 is 44.2. The molecule has 0 bridgehead atoms. The van der Waals surface area contributed by atoms with E-state index in [0.29, 0.717) is 5.56 Å². The zero-order valence-electron chi connectivity index (χ0n) is 8.72. The van der Waals surface area contributed by atoms with E-state index < -0.39 is 12.3 Å². The molecule has 1 aromatic carbocycles. The number of ether oxygens (including phenoxy) is 1. The third kappa shape index (κ3) is 2.59. The number of hydrogen-bond donors (Lipinski definition) is 0. The average Bonchev–Trinajstić information content (AvgIpc) is 2.25. The molecule has 91 valence electrons. The van der Waals surface area contributed by atoms with E-state index in [2.05, 4.69) is 29.5 Å². The molecule has 0 aromatic heterocycles. The van der Waals surface area contributed by atoms with Crippen molar-refractivity contribution in [3.63, 3.8) is 0 Å². The minimum absolute atomic E-state index is 0.0785. The first kappa shape index (κ1) is 12.7. The largest absolute Gasteiger partial charge is 0.476 e. The molecule has 0 saturated carbocycles. The van der Waals surface area contributed by atoms with Gasteiger partial charge in [-0.1, -0.05) is 0 Å². The standard InChI is InChI=1S/C12H9F3IO/c1-2-7-5-8-6-9(16)3-4-10(8)17-11(7)12(13,14)15/h3-6,11H,1-2H2. The molecule has 1 atom stereocenters. The molecule has 0 spiro atoms. The molecule has 5 heteroatoms. The molecule has 1 aromatic rings. The van der Waals surface area contributed by atoms with Crippen LogP contribution in [0.1, 0.15) is 12.0 Å². The van der Waals surface area contributed by atoms with Crippen molar-refractivity contribution in [3.8, 4) is 5.75 Å². The zero-order chi connectivity index (χ0) is 12.6. The second-order valence-corrected chi connectivity index (χ2v) is 4.94. The van der Waals surface area contributed by atoms with E-state index in [1.807, 2.05) is 0 Å². The fourth-order valence-electron chi connectivity index (χ4n) is 1.70. The van der Waals surface area contributed by atoms with Crippen LogP contribution in [0.3, 0.4) is 0 Å². The van der Waals surface area contributed by atoms with Crippen LogP contribution in [0.2, 0.25) is 0 Å². The van der Waals surface area contributed by atoms with Crippen molar-refractivity contribution >= 4 is 28.7 Å². The summed E-state index contributed by atoms with van der Waals surface area (Å²) in [5.74, 6) is 0.268. The lowest BCUT2D eigenvalue weighted by atomic mass is 9.99. The Kier molecular flexibility index (Phi) is 3.38. The van der Waals surface area contributed by atoms with Crippen LogP contribution in [-0.4, -0.2) is 12.3 Å². The van der Waals surface area contributed by atoms with Gasteiger partial charge in [-0.2, -0.15) is 13.2 Å². The number of hydrogen-bond acceptors (Lipinski definition) is 1. The van der Waals surface area contributed by atoms with E-state index in [0.717, 1.165) is 3.57 Å². The van der Waals surface area contributed by atoms with Gasteiger partial charge >= 0.3 is 6.18 Å². The van der Waals surface area contributed by atoms with Crippen LogP contribution in [0.15, 0.2) is 23.8 Å². The smallest absolute Gasteiger partial charge is 0.429 e. The highest BCUT2D eigenvalue weighted by molar-refractivity contribution is 14.1. The first-order chi connectivity index (χ1) is 7.91. The van der Waals surface area contributed by atoms with Crippen molar-refractivity contribution in [2.45, 2.75) is 18.7 Å². The molecule has 17 heavy (non-hydrogen) atoms. The predicted molar refractivity (Wildman–Crippen MR) is 67.6 cm³/mol. The maximum atomic E-state index is 12.8. The fourth-order valence-corrected chi connectivity index (χ4v) is 2.21. The maximum absolute atomic E-state index is 12.8. The van der Waals surface area contributed by atoms with Gasteiger partial charge in [-0.15, -0.1) is 0 Å². The van der Waals surface area contributed by atoms with Gasteiger partial charge in [-0.05, 0) is 65.8 Å². The first-order valence-corrected chi connectivity index (χ1v) is 6.02. The summed E-state index contributed by atoms with van der Waals surface area (Å²) >= 11 is 2.10. The Morgan fingerprint density at radius 2 is 2.06 bits per heavy atom. The van der Waals surface area contributed by atoms with Gasteiger partial charge in [0.25, 0.3) is 0 Å². The second-order valence-electron chi connectivity index (χ2n) is 3.69. The van der Waals surface area contributed by atoms with Crippen molar-refractivity contribution < 1.29 is 17.9 Å². The van der Waals surface area contributed by atoms with Crippen LogP contribution < -0.4 is 4.74 Å². The Labute approximate surface area is 111 Å². The van der Waals surface area contributed by atoms with E-state index in [-0.39, 0.29) is 17.7 Å². The van der Waals surface area contributed by atoms with Crippen molar-refractivity contribution in [3.05, 3.63) is 39.8 Å². The summed E-state index contributed by atoms with van der Waals surface area (Å²) in [7, 11) is 0. The number of fused-ring (bicyclic) bond motifs is 1. The quantitative estimate of drug-likeness (QED) is 0.687. The number of rotatable bonds is 1. The SMILES string of the molecule is [CH2]CC1=Cc2cc(I)ccc2OC1C(F)(F)F. The molecule has 0 amide bonds. The summed E-state index contributed by atoms with van der Waals surface area (Å²) in [6, 6.07) is 5.07. The van der Waals surface area contributed by atoms with Crippen LogP contribution in [0.25, 0.3) is 6.08 Å². The predicted octanol–water partition coefficient (Wildman–Crippen LogP) is 4.22. The van der Waals surface area contributed by atoms with Gasteiger partial charge in [0.05, 0.1) is 0 Å². The van der Waals surface area contributed by atoms with E-state index in [1.54, 1.807) is 18.2 Å². The molecule has 0 aliphatic carbocycles. The topological polar surface area (TPSA) is 9.23 Å². The van der Waals surface area contributed by atoms with Crippen LogP contribution in [0, 0.1) is 10.5 Å². The number of halogens is 4. The summed E-state index contributed by atoms with van der Waals surface area (Å²) in [4.78, 5) is 0. The van der Waals surface area contributed by atoms with Crippen LogP contribution in [0.5, 0.6) is 5.75 Å². The van der Waals surface area contributed by atoms with Crippen molar-refractivity contribution in [1.82, 2.24) is 0 Å². The molecule has 1 nitrogen and oxygen atoms in total. The van der Waals surface area contributed by atoms with Crippen molar-refractivity contribution in [1.29, 1.82) is 0 Å². The minimum atomic E-state index is -4.40. The molecule has 0 N–H and O–H groups in total. The third-order valence-corrected chi connectivity index (χ3v) is 3.15. The molecule has 0 fully saturated rings. The summed E-state index contributed by atoms with van der Waals surface area (Å²) in [6.07, 6.45) is -4.67. The zero-order valence-corrected chi connectivity index (χ0v) is 10.9. The molecular formula is C12H9F3IO. The van der Waals surface area contributed by atoms with E-state index in [4.69, 9.17) is 4.74 Å². The van der Waals surface area contributed by atoms with E-state index in [9.17, 15) is 13.2 Å². The van der Waals surface area contributed by atoms with Gasteiger partial charge in [0.2, 0.25) is 6.10 Å². The van der Waals surface area contributed by atoms with Gasteiger partial charge in [-0.3, -0.25) is 0 Å². The Morgan fingerprint density at radius 3 is 2.65 bits per heavy atom. The van der Waals surface area contributed by atoms with Crippen LogP contribution >= 0.6 is 22.6 Å². The molecule has 1 unspecified atom stereocenters. The highest BCUT2D eigenvalue weighted by Crippen LogP contribution is 2.38. The lowest BCUT2D eigenvalue weighted by Gasteiger charge is -2.28. The second kappa shape index (κ2) is 4.51. The van der Waals surface area contributed by atoms with Gasteiger partial charge in [0, 0.05) is 9.13 Å². The summed E-state index contributed by atoms with van der Waals surface area (Å²) in [5, 5.41) is 0. The molecule has 0 saturated heterocycles. The van der Waals surface area contributed by atoms with Crippen molar-refractivity contribution in [2.24, 2.45) is 0 Å². The van der Waals surface area contributed by atoms with Crippen molar-refractivity contribution in [2.75, 3.05) is 0 Å². The van der Waals surface area contributed by atoms with Gasteiger partial charge in [0.15, 0.2) is 0 Å². The van der Waals surface area contributed by atoms with Gasteiger partial charge < -0.3 is 4.74 Å². The third-order valence-electron chi connectivity index (χ3n) is 2.48. The fraction of sp³-hybridized carbons (Fsp3) is 0.250. The Balaban J connectivity index is 2.45. The van der Waals surface area contributed by atoms with Crippen LogP contribution in [0.4, 0.5) is 13.2 Å². The Bertz CT molecular complexity index is 465. The first-order valence-electron chi connectivity index (χ1n) is 4.94. The molecule has 1 radical (unpaired) electrons. The average molecular weight is 353 g/mol. The Morgan fingerprint density at radius 1 is 1.35 bits per heavy atom. The number of benzene rings is 1. The summed E-state index contributed by atoms with van der Waals surface area (Å²) in [6.45, 7) is 3.52. The number of alkyl halides is 3. The van der Waals surface area contributed by atoms with Gasteiger partial charge in [-0.25, -0.2) is 0 Å². The van der Waals surface area contributed by atoms with Crippen LogP contribution in [-0.2, 0) is 0 Å². The lowest BCUT2D eigenvalue weighted by Crippen LogP contribution is -2.37. The molecule has 2 rings (SSSR count). The Hall–Kier alpha value is -0.720. The molecular weight excluding hydrogens is 344 g/mol. The highest BCUT2D eigenvalue weighted by Gasteiger charge is 2.45. The van der Waals surface area contributed by atoms with E-state index in [1.165, 1.54) is 6.08 Å². The lowest BCUT2D eigenvalue weighted by molar-refractivity contribution is -0.184.